The normalized spacial score (nSPS) is 23.2. The Morgan fingerprint density at radius 1 is 1.67 bits per heavy atom. The number of hydrazine groups is 1. The van der Waals surface area contributed by atoms with Crippen molar-refractivity contribution in [2.45, 2.75) is 25.5 Å². The minimum Gasteiger partial charge on any atom is -0.374 e. The summed E-state index contributed by atoms with van der Waals surface area (Å²) in [4.78, 5) is 3.63. The predicted molar refractivity (Wildman–Crippen MR) is 76.0 cm³/mol. The molecule has 0 aromatic carbocycles. The van der Waals surface area contributed by atoms with E-state index in [4.69, 9.17) is 22.2 Å². The number of nitrogens with zero attached hydrogens (tertiary/aromatic N) is 1. The molecule has 1 fully saturated rings. The second kappa shape index (κ2) is 6.84. The molecule has 0 amide bonds. The number of hydrogen-bond donors (Lipinski definition) is 2. The van der Waals surface area contributed by atoms with E-state index in [0.29, 0.717) is 0 Å². The Kier molecular flexibility index (Phi) is 5.41. The highest BCUT2D eigenvalue weighted by Crippen LogP contribution is 2.23. The molecule has 0 aliphatic carbocycles. The fraction of sp³-hybridized carbons (Fsp3) is 0.667. The Hall–Kier alpha value is -0.170. The van der Waals surface area contributed by atoms with Gasteiger partial charge in [0.25, 0.3) is 0 Å². The maximum absolute atomic E-state index is 5.95. The molecular formula is C12H20ClN3OS. The first-order valence-electron chi connectivity index (χ1n) is 6.27. The van der Waals surface area contributed by atoms with Crippen LogP contribution in [0.3, 0.4) is 0 Å². The largest absolute Gasteiger partial charge is 0.374 e. The Bertz CT molecular complexity index is 374. The van der Waals surface area contributed by atoms with Gasteiger partial charge in [-0.05, 0) is 18.7 Å². The molecule has 102 valence electrons. The molecule has 1 aliphatic rings. The van der Waals surface area contributed by atoms with Crippen LogP contribution in [-0.4, -0.2) is 43.3 Å². The van der Waals surface area contributed by atoms with Crippen LogP contribution in [0.4, 0.5) is 0 Å². The summed E-state index contributed by atoms with van der Waals surface area (Å²) in [6.07, 6.45) is 1.00. The van der Waals surface area contributed by atoms with E-state index in [1.54, 1.807) is 11.3 Å². The second-order valence-corrected chi connectivity index (χ2v) is 6.29. The van der Waals surface area contributed by atoms with Gasteiger partial charge in [-0.3, -0.25) is 16.2 Å². The van der Waals surface area contributed by atoms with Crippen molar-refractivity contribution in [3.63, 3.8) is 0 Å². The Morgan fingerprint density at radius 3 is 3.11 bits per heavy atom. The maximum Gasteiger partial charge on any atom is 0.0931 e. The Balaban J connectivity index is 1.95. The van der Waals surface area contributed by atoms with Gasteiger partial charge in [0.1, 0.15) is 0 Å². The zero-order valence-electron chi connectivity index (χ0n) is 10.6. The summed E-state index contributed by atoms with van der Waals surface area (Å²) in [7, 11) is 0. The van der Waals surface area contributed by atoms with Crippen LogP contribution in [0.15, 0.2) is 12.1 Å². The number of morpholine rings is 1. The smallest absolute Gasteiger partial charge is 0.0931 e. The number of thiophene rings is 1. The predicted octanol–water partition coefficient (Wildman–Crippen LogP) is 1.50. The van der Waals surface area contributed by atoms with E-state index >= 15 is 0 Å². The van der Waals surface area contributed by atoms with Crippen LogP contribution < -0.4 is 11.3 Å². The summed E-state index contributed by atoms with van der Waals surface area (Å²) < 4.78 is 6.65. The van der Waals surface area contributed by atoms with Gasteiger partial charge in [0.2, 0.25) is 0 Å². The molecule has 6 heteroatoms. The lowest BCUT2D eigenvalue weighted by Crippen LogP contribution is -2.54. The van der Waals surface area contributed by atoms with Crippen LogP contribution in [0, 0.1) is 0 Å². The molecule has 0 saturated carbocycles. The van der Waals surface area contributed by atoms with Crippen LogP contribution >= 0.6 is 22.9 Å². The lowest BCUT2D eigenvalue weighted by atomic mass is 10.1. The summed E-state index contributed by atoms with van der Waals surface area (Å²) in [5, 5.41) is 0. The molecule has 0 bridgehead atoms. The molecule has 1 saturated heterocycles. The third-order valence-electron chi connectivity index (χ3n) is 3.34. The van der Waals surface area contributed by atoms with E-state index in [2.05, 4.69) is 23.3 Å². The topological polar surface area (TPSA) is 50.5 Å². The van der Waals surface area contributed by atoms with Crippen molar-refractivity contribution in [3.05, 3.63) is 21.3 Å². The van der Waals surface area contributed by atoms with Crippen molar-refractivity contribution in [1.82, 2.24) is 10.3 Å². The van der Waals surface area contributed by atoms with Crippen molar-refractivity contribution in [2.24, 2.45) is 5.84 Å². The molecule has 1 aliphatic heterocycles. The first-order chi connectivity index (χ1) is 8.72. The van der Waals surface area contributed by atoms with E-state index in [1.165, 1.54) is 4.88 Å². The third-order valence-corrected chi connectivity index (χ3v) is 4.59. The SMILES string of the molecule is CCN1CCOC(C(Cc2ccc(Cl)s2)NN)C1. The van der Waals surface area contributed by atoms with Gasteiger partial charge in [-0.15, -0.1) is 11.3 Å². The van der Waals surface area contributed by atoms with Gasteiger partial charge in [-0.25, -0.2) is 0 Å². The molecule has 18 heavy (non-hydrogen) atoms. The lowest BCUT2D eigenvalue weighted by Gasteiger charge is -2.36. The average Bonchev–Trinajstić information content (AvgIpc) is 2.81. The van der Waals surface area contributed by atoms with E-state index in [9.17, 15) is 0 Å². The number of rotatable bonds is 5. The minimum atomic E-state index is 0.133. The molecule has 2 rings (SSSR count). The van der Waals surface area contributed by atoms with E-state index in [0.717, 1.165) is 37.0 Å². The van der Waals surface area contributed by atoms with Gasteiger partial charge in [-0.1, -0.05) is 18.5 Å². The Labute approximate surface area is 117 Å². The summed E-state index contributed by atoms with van der Waals surface area (Å²) >= 11 is 7.55. The molecular weight excluding hydrogens is 270 g/mol. The fourth-order valence-corrected chi connectivity index (χ4v) is 3.38. The number of ether oxygens (including phenoxy) is 1. The van der Waals surface area contributed by atoms with E-state index in [-0.39, 0.29) is 12.1 Å². The molecule has 0 radical (unpaired) electrons. The van der Waals surface area contributed by atoms with E-state index in [1.807, 2.05) is 6.07 Å². The van der Waals surface area contributed by atoms with Crippen LogP contribution in [0.1, 0.15) is 11.8 Å². The van der Waals surface area contributed by atoms with Gasteiger partial charge >= 0.3 is 0 Å². The van der Waals surface area contributed by atoms with Crippen molar-refractivity contribution < 1.29 is 4.74 Å². The molecule has 2 heterocycles. The first kappa shape index (κ1) is 14.2. The molecule has 0 spiro atoms. The zero-order valence-corrected chi connectivity index (χ0v) is 12.1. The van der Waals surface area contributed by atoms with Gasteiger partial charge in [-0.2, -0.15) is 0 Å². The molecule has 2 unspecified atom stereocenters. The number of likely N-dealkylation sites (N-methyl/N-ethyl adjacent to an activating group) is 1. The van der Waals surface area contributed by atoms with Crippen molar-refractivity contribution in [2.75, 3.05) is 26.2 Å². The summed E-state index contributed by atoms with van der Waals surface area (Å²) in [5.74, 6) is 5.67. The number of nitrogens with one attached hydrogen (secondary N) is 1. The second-order valence-electron chi connectivity index (χ2n) is 4.49. The number of nitrogens with two attached hydrogens (primary N) is 1. The highest BCUT2D eigenvalue weighted by molar-refractivity contribution is 7.16. The van der Waals surface area contributed by atoms with Crippen molar-refractivity contribution >= 4 is 22.9 Å². The highest BCUT2D eigenvalue weighted by Gasteiger charge is 2.27. The molecule has 2 atom stereocenters. The molecule has 3 N–H and O–H groups in total. The van der Waals surface area contributed by atoms with Gasteiger partial charge in [0, 0.05) is 24.4 Å². The molecule has 1 aromatic heterocycles. The monoisotopic (exact) mass is 289 g/mol. The van der Waals surface area contributed by atoms with Crippen LogP contribution in [0.25, 0.3) is 0 Å². The first-order valence-corrected chi connectivity index (χ1v) is 7.46. The van der Waals surface area contributed by atoms with Gasteiger partial charge < -0.3 is 4.74 Å². The van der Waals surface area contributed by atoms with Crippen LogP contribution in [0.2, 0.25) is 4.34 Å². The fourth-order valence-electron chi connectivity index (χ4n) is 2.24. The minimum absolute atomic E-state index is 0.133. The van der Waals surface area contributed by atoms with Gasteiger partial charge in [0.15, 0.2) is 0 Å². The lowest BCUT2D eigenvalue weighted by molar-refractivity contribution is -0.0446. The van der Waals surface area contributed by atoms with Crippen molar-refractivity contribution in [3.8, 4) is 0 Å². The number of halogens is 1. The average molecular weight is 290 g/mol. The quantitative estimate of drug-likeness (QED) is 0.637. The van der Waals surface area contributed by atoms with E-state index < -0.39 is 0 Å². The van der Waals surface area contributed by atoms with Crippen molar-refractivity contribution in [1.29, 1.82) is 0 Å². The maximum atomic E-state index is 5.95. The van der Waals surface area contributed by atoms with Crippen LogP contribution in [0.5, 0.6) is 0 Å². The van der Waals surface area contributed by atoms with Crippen LogP contribution in [-0.2, 0) is 11.2 Å². The molecule has 1 aromatic rings. The van der Waals surface area contributed by atoms with Gasteiger partial charge in [0.05, 0.1) is 23.1 Å². The summed E-state index contributed by atoms with van der Waals surface area (Å²) in [5.41, 5.74) is 2.89. The zero-order chi connectivity index (χ0) is 13.0. The summed E-state index contributed by atoms with van der Waals surface area (Å²) in [6, 6.07) is 4.11. The third kappa shape index (κ3) is 3.66. The highest BCUT2D eigenvalue weighted by atomic mass is 35.5. The Morgan fingerprint density at radius 2 is 2.50 bits per heavy atom. The molecule has 4 nitrogen and oxygen atoms in total. The standard InChI is InChI=1S/C12H20ClN3OS/c1-2-16-5-6-17-11(8-16)10(15-14)7-9-3-4-12(13)18-9/h3-4,10-11,15H,2,5-8,14H2,1H3. The summed E-state index contributed by atoms with van der Waals surface area (Å²) in [6.45, 7) is 5.95. The number of hydrogen-bond acceptors (Lipinski definition) is 5.